The quantitative estimate of drug-likeness (QED) is 0.786. The van der Waals surface area contributed by atoms with Crippen molar-refractivity contribution in [2.75, 3.05) is 19.5 Å². The zero-order chi connectivity index (χ0) is 15.4. The topological polar surface area (TPSA) is 78.8 Å². The maximum atomic E-state index is 8.90. The summed E-state index contributed by atoms with van der Waals surface area (Å²) in [5.74, 6) is 1.20. The number of ether oxygens (including phenoxy) is 1. The van der Waals surface area contributed by atoms with Gasteiger partial charge in [0.05, 0.1) is 7.11 Å². The fourth-order valence-corrected chi connectivity index (χ4v) is 1.27. The van der Waals surface area contributed by atoms with Gasteiger partial charge < -0.3 is 25.1 Å². The van der Waals surface area contributed by atoms with Gasteiger partial charge in [0.15, 0.2) is 0 Å². The van der Waals surface area contributed by atoms with E-state index in [2.05, 4.69) is 5.32 Å². The fraction of sp³-hybridized carbons (Fsp3) is 0.133. The molecule has 0 bridgehead atoms. The molecule has 0 aliphatic heterocycles. The Morgan fingerprint density at radius 2 is 1.55 bits per heavy atom. The standard InChI is InChI=1S/C7H9NO.C7H8O2.CH2O/c1-8-6-3-2-4-7(9)5-6;1-9-7-4-2-3-6(8)5-7;1-2/h2-5,8-9H,1H3;2-5,8H,1H3;1H2. The molecule has 0 aliphatic rings. The minimum absolute atomic E-state index is 0.231. The van der Waals surface area contributed by atoms with E-state index in [1.807, 2.05) is 19.9 Å². The van der Waals surface area contributed by atoms with Crippen LogP contribution in [-0.4, -0.2) is 31.2 Å². The SMILES string of the molecule is C=O.CNc1cccc(O)c1.COc1cccc(O)c1. The van der Waals surface area contributed by atoms with E-state index in [-0.39, 0.29) is 5.75 Å². The number of carbonyl (C=O) groups is 1. The molecule has 0 unspecified atom stereocenters. The second kappa shape index (κ2) is 10.3. The average Bonchev–Trinajstić information content (AvgIpc) is 2.50. The number of phenols is 2. The number of anilines is 1. The van der Waals surface area contributed by atoms with Gasteiger partial charge in [0, 0.05) is 24.9 Å². The Hall–Kier alpha value is -2.69. The first-order chi connectivity index (χ1) is 9.65. The van der Waals surface area contributed by atoms with E-state index in [0.717, 1.165) is 5.69 Å². The largest absolute Gasteiger partial charge is 0.508 e. The lowest BCUT2D eigenvalue weighted by molar-refractivity contribution is -0.0979. The molecule has 0 aromatic heterocycles. The molecule has 5 heteroatoms. The maximum absolute atomic E-state index is 8.90. The third kappa shape index (κ3) is 6.90. The second-order valence-electron chi connectivity index (χ2n) is 3.50. The predicted octanol–water partition coefficient (Wildman–Crippen LogP) is 2.65. The van der Waals surface area contributed by atoms with Crippen molar-refractivity contribution in [3.8, 4) is 17.2 Å². The van der Waals surface area contributed by atoms with Gasteiger partial charge in [-0.15, -0.1) is 0 Å². The lowest BCUT2D eigenvalue weighted by atomic mass is 10.3. The number of rotatable bonds is 2. The molecule has 0 saturated carbocycles. The van der Waals surface area contributed by atoms with Gasteiger partial charge in [-0.25, -0.2) is 0 Å². The van der Waals surface area contributed by atoms with E-state index in [1.165, 1.54) is 0 Å². The molecule has 0 fully saturated rings. The molecule has 20 heavy (non-hydrogen) atoms. The Morgan fingerprint density at radius 1 is 1.00 bits per heavy atom. The first kappa shape index (κ1) is 17.3. The van der Waals surface area contributed by atoms with Gasteiger partial charge in [-0.05, 0) is 24.3 Å². The number of aromatic hydroxyl groups is 2. The molecule has 0 amide bonds. The zero-order valence-corrected chi connectivity index (χ0v) is 11.5. The van der Waals surface area contributed by atoms with Crippen LogP contribution in [0, 0.1) is 0 Å². The van der Waals surface area contributed by atoms with Crippen LogP contribution in [0.1, 0.15) is 0 Å². The fourth-order valence-electron chi connectivity index (χ4n) is 1.27. The number of hydrogen-bond acceptors (Lipinski definition) is 5. The van der Waals surface area contributed by atoms with Gasteiger partial charge in [-0.1, -0.05) is 12.1 Å². The van der Waals surface area contributed by atoms with Crippen molar-refractivity contribution in [1.29, 1.82) is 0 Å². The molecule has 2 rings (SSSR count). The molecule has 0 saturated heterocycles. The predicted molar refractivity (Wildman–Crippen MR) is 79.4 cm³/mol. The van der Waals surface area contributed by atoms with E-state index in [0.29, 0.717) is 11.5 Å². The van der Waals surface area contributed by atoms with Gasteiger partial charge in [0.25, 0.3) is 0 Å². The molecule has 0 atom stereocenters. The molecule has 0 heterocycles. The van der Waals surface area contributed by atoms with Crippen molar-refractivity contribution in [1.82, 2.24) is 0 Å². The van der Waals surface area contributed by atoms with Crippen LogP contribution in [0.5, 0.6) is 17.2 Å². The smallest absolute Gasteiger partial charge is 0.122 e. The molecule has 3 N–H and O–H groups in total. The van der Waals surface area contributed by atoms with E-state index >= 15 is 0 Å². The highest BCUT2D eigenvalue weighted by atomic mass is 16.5. The van der Waals surface area contributed by atoms with Gasteiger partial charge in [0.2, 0.25) is 0 Å². The summed E-state index contributed by atoms with van der Waals surface area (Å²) < 4.78 is 4.84. The Balaban J connectivity index is 0.000000321. The minimum atomic E-state index is 0.231. The van der Waals surface area contributed by atoms with Crippen LogP contribution in [0.4, 0.5) is 5.69 Å². The Kier molecular flexibility index (Phi) is 8.87. The first-order valence-electron chi connectivity index (χ1n) is 5.74. The number of hydrogen-bond donors (Lipinski definition) is 3. The van der Waals surface area contributed by atoms with Gasteiger partial charge in [-0.3, -0.25) is 0 Å². The second-order valence-corrected chi connectivity index (χ2v) is 3.50. The van der Waals surface area contributed by atoms with Crippen LogP contribution < -0.4 is 10.1 Å². The monoisotopic (exact) mass is 277 g/mol. The first-order valence-corrected chi connectivity index (χ1v) is 5.74. The normalized spacial score (nSPS) is 8.30. The van der Waals surface area contributed by atoms with Crippen molar-refractivity contribution >= 4 is 12.5 Å². The summed E-state index contributed by atoms with van der Waals surface area (Å²) >= 11 is 0. The van der Waals surface area contributed by atoms with Crippen LogP contribution in [0.15, 0.2) is 48.5 Å². The number of nitrogens with one attached hydrogen (secondary N) is 1. The minimum Gasteiger partial charge on any atom is -0.508 e. The molecule has 2 aromatic rings. The van der Waals surface area contributed by atoms with Crippen LogP contribution in [0.25, 0.3) is 0 Å². The molecule has 2 aromatic carbocycles. The van der Waals surface area contributed by atoms with Crippen LogP contribution in [0.3, 0.4) is 0 Å². The molecular formula is C15H19NO4. The summed E-state index contributed by atoms with van der Waals surface area (Å²) in [6.07, 6.45) is 0. The number of carbonyl (C=O) groups excluding carboxylic acids is 1. The summed E-state index contributed by atoms with van der Waals surface area (Å²) in [5.41, 5.74) is 0.926. The summed E-state index contributed by atoms with van der Waals surface area (Å²) in [6, 6.07) is 13.7. The lowest BCUT2D eigenvalue weighted by Crippen LogP contribution is -1.85. The van der Waals surface area contributed by atoms with Crippen molar-refractivity contribution in [2.24, 2.45) is 0 Å². The van der Waals surface area contributed by atoms with Gasteiger partial charge in [0.1, 0.15) is 24.0 Å². The summed E-state index contributed by atoms with van der Waals surface area (Å²) in [7, 11) is 3.38. The molecule has 5 nitrogen and oxygen atoms in total. The highest BCUT2D eigenvalue weighted by molar-refractivity contribution is 5.46. The highest BCUT2D eigenvalue weighted by Crippen LogP contribution is 2.16. The van der Waals surface area contributed by atoms with Gasteiger partial charge >= 0.3 is 0 Å². The average molecular weight is 277 g/mol. The van der Waals surface area contributed by atoms with Crippen LogP contribution >= 0.6 is 0 Å². The van der Waals surface area contributed by atoms with Gasteiger partial charge in [-0.2, -0.15) is 0 Å². The van der Waals surface area contributed by atoms with E-state index in [9.17, 15) is 0 Å². The molecule has 0 aliphatic carbocycles. The van der Waals surface area contributed by atoms with Crippen LogP contribution in [0.2, 0.25) is 0 Å². The highest BCUT2D eigenvalue weighted by Gasteiger charge is 1.89. The summed E-state index contributed by atoms with van der Waals surface area (Å²) in [6.45, 7) is 2.00. The summed E-state index contributed by atoms with van der Waals surface area (Å²) in [5, 5.41) is 20.7. The van der Waals surface area contributed by atoms with Crippen molar-refractivity contribution in [2.45, 2.75) is 0 Å². The third-order valence-electron chi connectivity index (χ3n) is 2.19. The molecule has 0 spiro atoms. The zero-order valence-electron chi connectivity index (χ0n) is 11.5. The van der Waals surface area contributed by atoms with E-state index in [4.69, 9.17) is 19.7 Å². The summed E-state index contributed by atoms with van der Waals surface area (Å²) in [4.78, 5) is 8.00. The van der Waals surface area contributed by atoms with Crippen molar-refractivity contribution in [3.05, 3.63) is 48.5 Å². The molecular weight excluding hydrogens is 258 g/mol. The van der Waals surface area contributed by atoms with Crippen LogP contribution in [-0.2, 0) is 4.79 Å². The number of methoxy groups -OCH3 is 1. The molecule has 108 valence electrons. The van der Waals surface area contributed by atoms with Crippen molar-refractivity contribution in [3.63, 3.8) is 0 Å². The Labute approximate surface area is 118 Å². The number of phenolic OH excluding ortho intramolecular Hbond substituents is 2. The lowest BCUT2D eigenvalue weighted by Gasteiger charge is -1.97. The Bertz CT molecular complexity index is 457. The molecule has 0 radical (unpaired) electrons. The van der Waals surface area contributed by atoms with E-state index < -0.39 is 0 Å². The maximum Gasteiger partial charge on any atom is 0.122 e. The Morgan fingerprint density at radius 3 is 1.90 bits per heavy atom. The van der Waals surface area contributed by atoms with Crippen molar-refractivity contribution < 1.29 is 19.7 Å². The third-order valence-corrected chi connectivity index (χ3v) is 2.19. The van der Waals surface area contributed by atoms with E-state index in [1.54, 1.807) is 49.6 Å². The number of benzene rings is 2.